The Kier molecular flexibility index (Phi) is 4.40. The summed E-state index contributed by atoms with van der Waals surface area (Å²) in [6.07, 6.45) is 0.317. The molecule has 2 atom stereocenters. The Balaban J connectivity index is 1.40. The predicted molar refractivity (Wildman–Crippen MR) is 119 cm³/mol. The van der Waals surface area contributed by atoms with Gasteiger partial charge in [-0.2, -0.15) is 0 Å². The number of nitrogens with zero attached hydrogens (tertiary/aromatic N) is 2. The summed E-state index contributed by atoms with van der Waals surface area (Å²) in [5.74, 6) is -1.15. The van der Waals surface area contributed by atoms with E-state index in [0.717, 1.165) is 0 Å². The van der Waals surface area contributed by atoms with Crippen molar-refractivity contribution in [2.24, 2.45) is 0 Å². The number of fused-ring (bicyclic) bond motifs is 1. The van der Waals surface area contributed by atoms with Crippen molar-refractivity contribution in [2.75, 3.05) is 26.3 Å². The molecule has 2 aromatic carbocycles. The van der Waals surface area contributed by atoms with Gasteiger partial charge in [-0.3, -0.25) is 24.6 Å². The van der Waals surface area contributed by atoms with E-state index in [1.807, 2.05) is 0 Å². The summed E-state index contributed by atoms with van der Waals surface area (Å²) in [5, 5.41) is 2.25. The van der Waals surface area contributed by atoms with Crippen LogP contribution >= 0.6 is 0 Å². The molecule has 1 N–H and O–H groups in total. The standard InChI is InChI=1S/C25H27N3O5/c29-23-9-8-21(24(30)26-23)28-15-20-19(25(28)31)2-1-3-22(20)33-16-18-6-4-17(5-7-18)14-27-10-12-32-13-11-27/h1-7,21H,8-16H2,(H,26,29,30)/i4D,5D,6D,14D2,16D. The number of amides is 3. The Labute approximate surface area is 200 Å². The van der Waals surface area contributed by atoms with Crippen molar-refractivity contribution in [3.63, 3.8) is 0 Å². The highest BCUT2D eigenvalue weighted by atomic mass is 16.5. The number of benzene rings is 2. The van der Waals surface area contributed by atoms with E-state index in [9.17, 15) is 14.4 Å². The lowest BCUT2D eigenvalue weighted by molar-refractivity contribution is -0.136. The molecule has 8 heteroatoms. The van der Waals surface area contributed by atoms with Gasteiger partial charge in [0.2, 0.25) is 11.8 Å². The lowest BCUT2D eigenvalue weighted by Gasteiger charge is -2.29. The third-order valence-electron chi connectivity index (χ3n) is 5.84. The third-order valence-corrected chi connectivity index (χ3v) is 5.84. The number of hydrogen-bond donors (Lipinski definition) is 1. The smallest absolute Gasteiger partial charge is 0.255 e. The minimum absolute atomic E-state index is 0.0309. The highest BCUT2D eigenvalue weighted by Crippen LogP contribution is 2.34. The van der Waals surface area contributed by atoms with Gasteiger partial charge in [-0.1, -0.05) is 30.3 Å². The van der Waals surface area contributed by atoms with Crippen molar-refractivity contribution in [3.8, 4) is 5.75 Å². The van der Waals surface area contributed by atoms with Crippen molar-refractivity contribution >= 4 is 17.7 Å². The largest absolute Gasteiger partial charge is 0.489 e. The number of rotatable bonds is 6. The molecule has 2 saturated heterocycles. The molecule has 0 bridgehead atoms. The molecule has 3 heterocycles. The van der Waals surface area contributed by atoms with Crippen LogP contribution in [0.1, 0.15) is 48.1 Å². The van der Waals surface area contributed by atoms with E-state index in [1.54, 1.807) is 18.2 Å². The van der Waals surface area contributed by atoms with Gasteiger partial charge in [0.25, 0.3) is 5.91 Å². The highest BCUT2D eigenvalue weighted by Gasteiger charge is 2.40. The summed E-state index contributed by atoms with van der Waals surface area (Å²) in [7, 11) is 0. The zero-order valence-corrected chi connectivity index (χ0v) is 17.8. The maximum Gasteiger partial charge on any atom is 0.255 e. The van der Waals surface area contributed by atoms with Gasteiger partial charge in [0, 0.05) is 39.9 Å². The second-order valence-corrected chi connectivity index (χ2v) is 8.00. The second-order valence-electron chi connectivity index (χ2n) is 8.00. The lowest BCUT2D eigenvalue weighted by atomic mass is 10.0. The molecule has 0 aromatic heterocycles. The van der Waals surface area contributed by atoms with Crippen LogP contribution in [0.2, 0.25) is 0 Å². The highest BCUT2D eigenvalue weighted by molar-refractivity contribution is 6.05. The SMILES string of the molecule is [2H]c1cc(C([2H])Oc2cccc3c2CN(C2CCC(=O)NC2=O)C3=O)c([2H])c([2H])c1C([2H])([2H])N1CCOCC1. The van der Waals surface area contributed by atoms with Crippen LogP contribution in [0.4, 0.5) is 0 Å². The van der Waals surface area contributed by atoms with E-state index in [-0.39, 0.29) is 61.3 Å². The fourth-order valence-corrected chi connectivity index (χ4v) is 4.11. The molecule has 5 rings (SSSR count). The number of carbonyl (C=O) groups is 3. The number of imide groups is 1. The van der Waals surface area contributed by atoms with E-state index >= 15 is 0 Å². The van der Waals surface area contributed by atoms with Crippen LogP contribution in [0.25, 0.3) is 0 Å². The number of ether oxygens (including phenoxy) is 2. The van der Waals surface area contributed by atoms with Crippen LogP contribution in [-0.2, 0) is 34.0 Å². The molecule has 3 aliphatic rings. The van der Waals surface area contributed by atoms with Crippen LogP contribution in [0.5, 0.6) is 5.75 Å². The van der Waals surface area contributed by atoms with Gasteiger partial charge in [0.15, 0.2) is 0 Å². The average molecular weight is 456 g/mol. The molecule has 0 spiro atoms. The van der Waals surface area contributed by atoms with Gasteiger partial charge in [-0.05, 0) is 29.7 Å². The monoisotopic (exact) mass is 455 g/mol. The van der Waals surface area contributed by atoms with Crippen molar-refractivity contribution in [1.29, 1.82) is 0 Å². The molecule has 3 aliphatic heterocycles. The van der Waals surface area contributed by atoms with Crippen LogP contribution in [0.15, 0.2) is 42.4 Å². The van der Waals surface area contributed by atoms with E-state index in [1.165, 1.54) is 15.9 Å². The summed E-state index contributed by atoms with van der Waals surface area (Å²) in [6, 6.07) is 3.83. The Morgan fingerprint density at radius 3 is 2.76 bits per heavy atom. The van der Waals surface area contributed by atoms with Crippen LogP contribution in [0.3, 0.4) is 0 Å². The predicted octanol–water partition coefficient (Wildman–Crippen LogP) is 1.86. The van der Waals surface area contributed by atoms with Gasteiger partial charge < -0.3 is 14.4 Å². The van der Waals surface area contributed by atoms with E-state index < -0.39 is 43.0 Å². The van der Waals surface area contributed by atoms with Crippen molar-refractivity contribution in [3.05, 3.63) is 64.6 Å². The molecule has 3 amide bonds. The van der Waals surface area contributed by atoms with Gasteiger partial charge >= 0.3 is 0 Å². The Bertz CT molecular complexity index is 1350. The molecule has 2 unspecified atom stereocenters. The van der Waals surface area contributed by atoms with Crippen molar-refractivity contribution in [1.82, 2.24) is 15.1 Å². The fraction of sp³-hybridized carbons (Fsp3) is 0.400. The quantitative estimate of drug-likeness (QED) is 0.669. The van der Waals surface area contributed by atoms with Crippen molar-refractivity contribution in [2.45, 2.75) is 38.5 Å². The van der Waals surface area contributed by atoms with Gasteiger partial charge in [-0.15, -0.1) is 0 Å². The van der Waals surface area contributed by atoms with Gasteiger partial charge in [0.05, 0.1) is 25.2 Å². The summed E-state index contributed by atoms with van der Waals surface area (Å²) in [4.78, 5) is 39.8. The maximum atomic E-state index is 13.1. The van der Waals surface area contributed by atoms with Crippen LogP contribution in [-0.4, -0.2) is 59.9 Å². The number of hydrogen-bond acceptors (Lipinski definition) is 6. The molecular formula is C25H27N3O5. The van der Waals surface area contributed by atoms with E-state index in [2.05, 4.69) is 5.32 Å². The summed E-state index contributed by atoms with van der Waals surface area (Å²) >= 11 is 0. The maximum absolute atomic E-state index is 13.1. The first-order chi connectivity index (χ1) is 18.5. The van der Waals surface area contributed by atoms with E-state index in [4.69, 9.17) is 17.7 Å². The Hall–Kier alpha value is -3.23. The van der Waals surface area contributed by atoms with Gasteiger partial charge in [-0.25, -0.2) is 0 Å². The first-order valence-electron chi connectivity index (χ1n) is 13.9. The molecule has 2 fully saturated rings. The van der Waals surface area contributed by atoms with Crippen LogP contribution in [0, 0.1) is 0 Å². The first kappa shape index (κ1) is 15.6. The zero-order chi connectivity index (χ0) is 28.1. The number of morpholine rings is 1. The second kappa shape index (κ2) is 9.33. The van der Waals surface area contributed by atoms with Gasteiger partial charge in [0.1, 0.15) is 18.4 Å². The molecule has 0 aliphatic carbocycles. The topological polar surface area (TPSA) is 88.2 Å². The molecule has 33 heavy (non-hydrogen) atoms. The molecule has 0 radical (unpaired) electrons. The first-order valence-corrected chi connectivity index (χ1v) is 10.8. The minimum atomic E-state index is -2.18. The molecule has 172 valence electrons. The molecule has 0 saturated carbocycles. The summed E-state index contributed by atoms with van der Waals surface area (Å²) in [6.45, 7) is -2.50. The lowest BCUT2D eigenvalue weighted by Crippen LogP contribution is -2.52. The molecular weight excluding hydrogens is 422 g/mol. The summed E-state index contributed by atoms with van der Waals surface area (Å²) in [5.41, 5.74) is 0.410. The number of nitrogens with one attached hydrogen (secondary N) is 1. The number of piperidine rings is 1. The molecule has 2 aromatic rings. The van der Waals surface area contributed by atoms with Crippen LogP contribution < -0.4 is 10.1 Å². The Morgan fingerprint density at radius 1 is 1.12 bits per heavy atom. The summed E-state index contributed by atoms with van der Waals surface area (Å²) < 4.78 is 62.3. The Morgan fingerprint density at radius 2 is 1.94 bits per heavy atom. The van der Waals surface area contributed by atoms with Crippen molar-refractivity contribution < 1.29 is 32.1 Å². The zero-order valence-electron chi connectivity index (χ0n) is 23.8. The number of carbonyl (C=O) groups excluding carboxylic acids is 3. The third kappa shape index (κ3) is 4.62. The average Bonchev–Trinajstić information content (AvgIpc) is 3.23. The molecule has 8 nitrogen and oxygen atoms in total. The fourth-order valence-electron chi connectivity index (χ4n) is 4.11. The van der Waals surface area contributed by atoms with E-state index in [0.29, 0.717) is 24.3 Å². The normalized spacial score (nSPS) is 25.2. The minimum Gasteiger partial charge on any atom is -0.489 e.